The third kappa shape index (κ3) is 2.68. The van der Waals surface area contributed by atoms with E-state index >= 15 is 0 Å². The van der Waals surface area contributed by atoms with Crippen molar-refractivity contribution in [2.24, 2.45) is 0 Å². The fourth-order valence-electron chi connectivity index (χ4n) is 2.67. The average Bonchev–Trinajstić information content (AvgIpc) is 3.11. The zero-order chi connectivity index (χ0) is 15.6. The molecule has 1 fully saturated rings. The predicted octanol–water partition coefficient (Wildman–Crippen LogP) is 2.54. The molecule has 116 valence electrons. The number of aromatic nitrogens is 2. The van der Waals surface area contributed by atoms with Crippen molar-refractivity contribution in [2.75, 3.05) is 31.2 Å². The van der Waals surface area contributed by atoms with Gasteiger partial charge < -0.3 is 14.1 Å². The SMILES string of the molecule is O=Cc1ccc(-c2ccc3ncc(N4CCOCC4)nc3c2)o1. The number of carbonyl (C=O) groups is 1. The van der Waals surface area contributed by atoms with Crippen molar-refractivity contribution in [2.45, 2.75) is 0 Å². The summed E-state index contributed by atoms with van der Waals surface area (Å²) in [5, 5.41) is 0. The van der Waals surface area contributed by atoms with Crippen LogP contribution in [0.4, 0.5) is 5.82 Å². The average molecular weight is 309 g/mol. The molecule has 0 unspecified atom stereocenters. The Kier molecular flexibility index (Phi) is 3.51. The summed E-state index contributed by atoms with van der Waals surface area (Å²) in [4.78, 5) is 22.1. The molecule has 0 N–H and O–H groups in total. The molecule has 0 radical (unpaired) electrons. The van der Waals surface area contributed by atoms with Crippen molar-refractivity contribution >= 4 is 23.1 Å². The van der Waals surface area contributed by atoms with Gasteiger partial charge in [0.15, 0.2) is 12.0 Å². The van der Waals surface area contributed by atoms with Crippen LogP contribution < -0.4 is 4.90 Å². The van der Waals surface area contributed by atoms with Crippen LogP contribution in [0, 0.1) is 0 Å². The molecular weight excluding hydrogens is 294 g/mol. The molecule has 3 heterocycles. The van der Waals surface area contributed by atoms with Gasteiger partial charge in [0, 0.05) is 18.7 Å². The first kappa shape index (κ1) is 13.9. The topological polar surface area (TPSA) is 68.5 Å². The lowest BCUT2D eigenvalue weighted by Gasteiger charge is -2.27. The molecule has 1 aromatic carbocycles. The number of aldehydes is 1. The molecule has 6 nitrogen and oxygen atoms in total. The van der Waals surface area contributed by atoms with Gasteiger partial charge in [0.2, 0.25) is 0 Å². The van der Waals surface area contributed by atoms with Crippen LogP contribution in [-0.4, -0.2) is 42.6 Å². The summed E-state index contributed by atoms with van der Waals surface area (Å²) in [5.41, 5.74) is 2.50. The Morgan fingerprint density at radius 2 is 1.96 bits per heavy atom. The lowest BCUT2D eigenvalue weighted by Crippen LogP contribution is -2.36. The normalized spacial score (nSPS) is 15.0. The number of hydrogen-bond donors (Lipinski definition) is 0. The first-order chi connectivity index (χ1) is 11.3. The van der Waals surface area contributed by atoms with Crippen molar-refractivity contribution in [1.29, 1.82) is 0 Å². The lowest BCUT2D eigenvalue weighted by atomic mass is 10.1. The van der Waals surface area contributed by atoms with E-state index in [0.717, 1.165) is 35.5 Å². The van der Waals surface area contributed by atoms with Crippen molar-refractivity contribution < 1.29 is 13.9 Å². The summed E-state index contributed by atoms with van der Waals surface area (Å²) in [6, 6.07) is 9.19. The van der Waals surface area contributed by atoms with Crippen LogP contribution in [0.1, 0.15) is 10.6 Å². The fraction of sp³-hybridized carbons (Fsp3) is 0.235. The first-order valence-electron chi connectivity index (χ1n) is 7.48. The maximum Gasteiger partial charge on any atom is 0.185 e. The number of benzene rings is 1. The van der Waals surface area contributed by atoms with Gasteiger partial charge in [-0.3, -0.25) is 9.78 Å². The highest BCUT2D eigenvalue weighted by Gasteiger charge is 2.14. The number of ether oxygens (including phenoxy) is 1. The Balaban J connectivity index is 1.72. The monoisotopic (exact) mass is 309 g/mol. The lowest BCUT2D eigenvalue weighted by molar-refractivity contribution is 0.110. The summed E-state index contributed by atoms with van der Waals surface area (Å²) in [6.07, 6.45) is 2.49. The predicted molar refractivity (Wildman–Crippen MR) is 85.7 cm³/mol. The smallest absolute Gasteiger partial charge is 0.185 e. The van der Waals surface area contributed by atoms with Crippen LogP contribution >= 0.6 is 0 Å². The molecule has 1 saturated heterocycles. The minimum atomic E-state index is 0.313. The number of furan rings is 1. The Morgan fingerprint density at radius 1 is 1.09 bits per heavy atom. The van der Waals surface area contributed by atoms with E-state index < -0.39 is 0 Å². The first-order valence-corrected chi connectivity index (χ1v) is 7.48. The van der Waals surface area contributed by atoms with Gasteiger partial charge in [-0.25, -0.2) is 4.98 Å². The summed E-state index contributed by atoms with van der Waals surface area (Å²) in [6.45, 7) is 3.06. The number of morpholine rings is 1. The number of fused-ring (bicyclic) bond motifs is 1. The maximum absolute atomic E-state index is 10.8. The second kappa shape index (κ2) is 5.81. The minimum Gasteiger partial charge on any atom is -0.453 e. The van der Waals surface area contributed by atoms with Gasteiger partial charge in [-0.15, -0.1) is 0 Å². The van der Waals surface area contributed by atoms with E-state index in [1.54, 1.807) is 18.3 Å². The Morgan fingerprint density at radius 3 is 2.74 bits per heavy atom. The quantitative estimate of drug-likeness (QED) is 0.693. The molecule has 2 aromatic heterocycles. The van der Waals surface area contributed by atoms with Crippen molar-refractivity contribution in [3.63, 3.8) is 0 Å². The number of nitrogens with zero attached hydrogens (tertiary/aromatic N) is 3. The Bertz CT molecular complexity index is 853. The van der Waals surface area contributed by atoms with Gasteiger partial charge in [-0.2, -0.15) is 0 Å². The second-order valence-corrected chi connectivity index (χ2v) is 5.35. The highest BCUT2D eigenvalue weighted by atomic mass is 16.5. The summed E-state index contributed by atoms with van der Waals surface area (Å²) in [7, 11) is 0. The summed E-state index contributed by atoms with van der Waals surface area (Å²) < 4.78 is 10.8. The molecule has 0 bridgehead atoms. The van der Waals surface area contributed by atoms with Crippen molar-refractivity contribution in [3.8, 4) is 11.3 Å². The van der Waals surface area contributed by atoms with Gasteiger partial charge >= 0.3 is 0 Å². The molecular formula is C17H15N3O3. The van der Waals surface area contributed by atoms with Crippen molar-refractivity contribution in [3.05, 3.63) is 42.3 Å². The molecule has 3 aromatic rings. The fourth-order valence-corrected chi connectivity index (χ4v) is 2.67. The van der Waals surface area contributed by atoms with E-state index in [4.69, 9.17) is 14.1 Å². The summed E-state index contributed by atoms with van der Waals surface area (Å²) in [5.74, 6) is 1.81. The highest BCUT2D eigenvalue weighted by Crippen LogP contribution is 2.25. The van der Waals surface area contributed by atoms with E-state index in [0.29, 0.717) is 31.0 Å². The van der Waals surface area contributed by atoms with Gasteiger partial charge in [0.1, 0.15) is 11.6 Å². The molecule has 0 atom stereocenters. The van der Waals surface area contributed by atoms with E-state index in [2.05, 4.69) is 9.88 Å². The number of carbonyl (C=O) groups excluding carboxylic acids is 1. The van der Waals surface area contributed by atoms with E-state index in [1.165, 1.54) is 0 Å². The zero-order valence-corrected chi connectivity index (χ0v) is 12.4. The molecule has 0 saturated carbocycles. The number of anilines is 1. The number of hydrogen-bond acceptors (Lipinski definition) is 6. The van der Waals surface area contributed by atoms with Crippen LogP contribution in [0.25, 0.3) is 22.4 Å². The minimum absolute atomic E-state index is 0.313. The molecule has 6 heteroatoms. The van der Waals surface area contributed by atoms with Gasteiger partial charge in [-0.05, 0) is 30.3 Å². The molecule has 0 spiro atoms. The molecule has 0 aliphatic carbocycles. The van der Waals surface area contributed by atoms with E-state index in [9.17, 15) is 4.79 Å². The molecule has 1 aliphatic rings. The zero-order valence-electron chi connectivity index (χ0n) is 12.4. The molecule has 1 aliphatic heterocycles. The maximum atomic E-state index is 10.8. The highest BCUT2D eigenvalue weighted by molar-refractivity contribution is 5.82. The molecule has 4 rings (SSSR count). The van der Waals surface area contributed by atoms with Gasteiger partial charge in [0.25, 0.3) is 0 Å². The van der Waals surface area contributed by atoms with Gasteiger partial charge in [-0.1, -0.05) is 0 Å². The van der Waals surface area contributed by atoms with E-state index in [-0.39, 0.29) is 0 Å². The van der Waals surface area contributed by atoms with Gasteiger partial charge in [0.05, 0.1) is 30.4 Å². The molecule has 0 amide bonds. The third-order valence-electron chi connectivity index (χ3n) is 3.89. The van der Waals surface area contributed by atoms with Crippen LogP contribution in [0.2, 0.25) is 0 Å². The Hall–Kier alpha value is -2.73. The Labute approximate surface area is 132 Å². The third-order valence-corrected chi connectivity index (χ3v) is 3.89. The largest absolute Gasteiger partial charge is 0.453 e. The van der Waals surface area contributed by atoms with E-state index in [1.807, 2.05) is 18.2 Å². The molecule has 23 heavy (non-hydrogen) atoms. The van der Waals surface area contributed by atoms with Crippen molar-refractivity contribution in [1.82, 2.24) is 9.97 Å². The van der Waals surface area contributed by atoms with Crippen LogP contribution in [-0.2, 0) is 4.74 Å². The summed E-state index contributed by atoms with van der Waals surface area (Å²) >= 11 is 0. The van der Waals surface area contributed by atoms with Crippen LogP contribution in [0.15, 0.2) is 40.9 Å². The number of rotatable bonds is 3. The standard InChI is InChI=1S/C17H15N3O3/c21-11-13-2-4-16(23-13)12-1-3-14-15(9-12)19-17(10-18-14)20-5-7-22-8-6-20/h1-4,9-11H,5-8H2. The van der Waals surface area contributed by atoms with Crippen LogP contribution in [0.3, 0.4) is 0 Å². The van der Waals surface area contributed by atoms with Crippen LogP contribution in [0.5, 0.6) is 0 Å². The second-order valence-electron chi connectivity index (χ2n) is 5.35.